The Morgan fingerprint density at radius 3 is 2.68 bits per heavy atom. The van der Waals surface area contributed by atoms with Crippen LogP contribution in [0, 0.1) is 5.92 Å². The van der Waals surface area contributed by atoms with Gasteiger partial charge in [-0.1, -0.05) is 18.2 Å². The Balaban J connectivity index is 0.00000392. The van der Waals surface area contributed by atoms with Crippen LogP contribution in [0.1, 0.15) is 25.8 Å². The molecule has 2 rings (SSSR count). The summed E-state index contributed by atoms with van der Waals surface area (Å²) in [4.78, 5) is 6.05. The average molecular weight is 514 g/mol. The lowest BCUT2D eigenvalue weighted by Gasteiger charge is -2.18. The number of nitrogens with one attached hydrogen (secondary N) is 2. The fourth-order valence-corrected chi connectivity index (χ4v) is 3.15. The van der Waals surface area contributed by atoms with Gasteiger partial charge in [0, 0.05) is 25.2 Å². The molecule has 28 heavy (non-hydrogen) atoms. The summed E-state index contributed by atoms with van der Waals surface area (Å²) in [5.41, 5.74) is 0.994. The van der Waals surface area contributed by atoms with Crippen molar-refractivity contribution in [2.75, 3.05) is 39.3 Å². The quantitative estimate of drug-likeness (QED) is 0.316. The van der Waals surface area contributed by atoms with Gasteiger partial charge in [0.15, 0.2) is 5.96 Å². The van der Waals surface area contributed by atoms with E-state index in [2.05, 4.69) is 15.6 Å². The van der Waals surface area contributed by atoms with Crippen molar-refractivity contribution in [2.45, 2.75) is 33.0 Å². The first-order valence-electron chi connectivity index (χ1n) is 9.43. The first-order valence-corrected chi connectivity index (χ1v) is 9.43. The van der Waals surface area contributed by atoms with Crippen LogP contribution in [0.25, 0.3) is 0 Å². The standard InChI is InChI=1S/C19H29F3N4O.HI/c1-3-23-18(25-12-16-7-5-6-8-17(16)27-4-2)24-11-15-9-10-26(13-15)14-19(20,21)22;/h5-8,15H,3-4,9-14H2,1-2H3,(H2,23,24,25);1H. The Morgan fingerprint density at radius 1 is 1.25 bits per heavy atom. The molecular formula is C19H30F3IN4O. The predicted octanol–water partition coefficient (Wildman–Crippen LogP) is 3.64. The van der Waals surface area contributed by atoms with Crippen molar-refractivity contribution in [1.29, 1.82) is 0 Å². The van der Waals surface area contributed by atoms with E-state index in [0.29, 0.717) is 45.3 Å². The van der Waals surface area contributed by atoms with Crippen LogP contribution < -0.4 is 15.4 Å². The molecule has 0 amide bonds. The van der Waals surface area contributed by atoms with E-state index in [0.717, 1.165) is 17.7 Å². The van der Waals surface area contributed by atoms with Gasteiger partial charge in [-0.25, -0.2) is 4.99 Å². The van der Waals surface area contributed by atoms with E-state index in [4.69, 9.17) is 4.74 Å². The van der Waals surface area contributed by atoms with Crippen LogP contribution >= 0.6 is 24.0 Å². The number of likely N-dealkylation sites (tertiary alicyclic amines) is 1. The largest absolute Gasteiger partial charge is 0.494 e. The van der Waals surface area contributed by atoms with Gasteiger partial charge in [0.05, 0.1) is 19.7 Å². The highest BCUT2D eigenvalue weighted by molar-refractivity contribution is 14.0. The van der Waals surface area contributed by atoms with E-state index in [1.165, 1.54) is 4.90 Å². The number of nitrogens with zero attached hydrogens (tertiary/aromatic N) is 2. The zero-order valence-corrected chi connectivity index (χ0v) is 18.7. The van der Waals surface area contributed by atoms with Crippen LogP contribution in [0.5, 0.6) is 5.75 Å². The third-order valence-electron chi connectivity index (χ3n) is 4.36. The number of alkyl halides is 3. The minimum absolute atomic E-state index is 0. The van der Waals surface area contributed by atoms with Gasteiger partial charge in [-0.05, 0) is 38.8 Å². The highest BCUT2D eigenvalue weighted by Crippen LogP contribution is 2.22. The van der Waals surface area contributed by atoms with E-state index in [1.807, 2.05) is 38.1 Å². The maximum Gasteiger partial charge on any atom is 0.401 e. The Morgan fingerprint density at radius 2 is 2.00 bits per heavy atom. The van der Waals surface area contributed by atoms with Crippen LogP contribution in [0.3, 0.4) is 0 Å². The van der Waals surface area contributed by atoms with Crippen molar-refractivity contribution in [2.24, 2.45) is 10.9 Å². The molecule has 1 aromatic carbocycles. The molecule has 9 heteroatoms. The van der Waals surface area contributed by atoms with E-state index < -0.39 is 12.7 Å². The second-order valence-electron chi connectivity index (χ2n) is 6.62. The van der Waals surface area contributed by atoms with E-state index >= 15 is 0 Å². The summed E-state index contributed by atoms with van der Waals surface area (Å²) in [5, 5.41) is 6.44. The summed E-state index contributed by atoms with van der Waals surface area (Å²) in [6.45, 7) is 6.41. The minimum atomic E-state index is -4.13. The van der Waals surface area contributed by atoms with Crippen LogP contribution in [0.15, 0.2) is 29.3 Å². The van der Waals surface area contributed by atoms with Crippen molar-refractivity contribution < 1.29 is 17.9 Å². The monoisotopic (exact) mass is 514 g/mol. The third kappa shape index (κ3) is 8.85. The molecule has 1 aliphatic heterocycles. The Labute approximate surface area is 182 Å². The molecule has 2 N–H and O–H groups in total. The molecule has 1 fully saturated rings. The van der Waals surface area contributed by atoms with Crippen molar-refractivity contribution in [1.82, 2.24) is 15.5 Å². The normalized spacial score (nSPS) is 17.9. The van der Waals surface area contributed by atoms with Crippen LogP contribution in [-0.2, 0) is 6.54 Å². The molecule has 1 unspecified atom stereocenters. The number of guanidine groups is 1. The number of aliphatic imine (C=N–C) groups is 1. The zero-order chi connectivity index (χ0) is 19.7. The minimum Gasteiger partial charge on any atom is -0.494 e. The molecule has 0 radical (unpaired) electrons. The second kappa shape index (κ2) is 12.4. The zero-order valence-electron chi connectivity index (χ0n) is 16.4. The van der Waals surface area contributed by atoms with Crippen molar-refractivity contribution in [3.8, 4) is 5.75 Å². The molecule has 1 aliphatic rings. The molecule has 1 saturated heterocycles. The van der Waals surface area contributed by atoms with Crippen LogP contribution in [0.2, 0.25) is 0 Å². The van der Waals surface area contributed by atoms with Gasteiger partial charge in [0.25, 0.3) is 0 Å². The van der Waals surface area contributed by atoms with Crippen LogP contribution in [-0.4, -0.2) is 56.4 Å². The SMILES string of the molecule is CCNC(=NCc1ccccc1OCC)NCC1CCN(CC(F)(F)F)C1.I. The number of benzene rings is 1. The van der Waals surface area contributed by atoms with Gasteiger partial charge >= 0.3 is 6.18 Å². The molecule has 0 aromatic heterocycles. The van der Waals surface area contributed by atoms with Crippen molar-refractivity contribution in [3.05, 3.63) is 29.8 Å². The molecule has 0 bridgehead atoms. The molecule has 1 heterocycles. The Bertz CT molecular complexity index is 613. The molecular weight excluding hydrogens is 484 g/mol. The Hall–Kier alpha value is -1.23. The lowest BCUT2D eigenvalue weighted by molar-refractivity contribution is -0.143. The highest BCUT2D eigenvalue weighted by atomic mass is 127. The lowest BCUT2D eigenvalue weighted by atomic mass is 10.1. The first-order chi connectivity index (χ1) is 12.9. The fraction of sp³-hybridized carbons (Fsp3) is 0.632. The van der Waals surface area contributed by atoms with E-state index in [9.17, 15) is 13.2 Å². The lowest BCUT2D eigenvalue weighted by Crippen LogP contribution is -2.40. The summed E-state index contributed by atoms with van der Waals surface area (Å²) < 4.78 is 43.1. The number of hydrogen-bond acceptors (Lipinski definition) is 3. The Kier molecular flexibility index (Phi) is 10.9. The molecule has 1 atom stereocenters. The van der Waals surface area contributed by atoms with E-state index in [-0.39, 0.29) is 29.9 Å². The number of hydrogen-bond donors (Lipinski definition) is 2. The number of halogens is 4. The smallest absolute Gasteiger partial charge is 0.401 e. The van der Waals surface area contributed by atoms with Gasteiger partial charge in [0.1, 0.15) is 5.75 Å². The van der Waals surface area contributed by atoms with Crippen molar-refractivity contribution >= 4 is 29.9 Å². The topological polar surface area (TPSA) is 48.9 Å². The maximum atomic E-state index is 12.5. The molecule has 0 saturated carbocycles. The highest BCUT2D eigenvalue weighted by Gasteiger charge is 2.34. The summed E-state index contributed by atoms with van der Waals surface area (Å²) in [7, 11) is 0. The number of ether oxygens (including phenoxy) is 1. The first kappa shape index (κ1) is 24.8. The fourth-order valence-electron chi connectivity index (χ4n) is 3.15. The molecule has 0 spiro atoms. The summed E-state index contributed by atoms with van der Waals surface area (Å²) in [6.07, 6.45) is -3.37. The van der Waals surface area contributed by atoms with Gasteiger partial charge in [-0.3, -0.25) is 4.90 Å². The number of para-hydroxylation sites is 1. The molecule has 0 aliphatic carbocycles. The van der Waals surface area contributed by atoms with Crippen molar-refractivity contribution in [3.63, 3.8) is 0 Å². The third-order valence-corrected chi connectivity index (χ3v) is 4.36. The predicted molar refractivity (Wildman–Crippen MR) is 116 cm³/mol. The molecule has 1 aromatic rings. The van der Waals surface area contributed by atoms with Crippen LogP contribution in [0.4, 0.5) is 13.2 Å². The summed E-state index contributed by atoms with van der Waals surface area (Å²) in [6, 6.07) is 7.77. The maximum absolute atomic E-state index is 12.5. The van der Waals surface area contributed by atoms with Gasteiger partial charge in [-0.2, -0.15) is 13.2 Å². The molecule has 160 valence electrons. The van der Waals surface area contributed by atoms with E-state index in [1.54, 1.807) is 0 Å². The number of rotatable bonds is 8. The molecule has 5 nitrogen and oxygen atoms in total. The summed E-state index contributed by atoms with van der Waals surface area (Å²) in [5.74, 6) is 1.67. The second-order valence-corrected chi connectivity index (χ2v) is 6.62. The van der Waals surface area contributed by atoms with Gasteiger partial charge < -0.3 is 15.4 Å². The van der Waals surface area contributed by atoms with Gasteiger partial charge in [0.2, 0.25) is 0 Å². The summed E-state index contributed by atoms with van der Waals surface area (Å²) >= 11 is 0. The van der Waals surface area contributed by atoms with Gasteiger partial charge in [-0.15, -0.1) is 24.0 Å². The average Bonchev–Trinajstić information content (AvgIpc) is 3.04.